The molecule has 18 heavy (non-hydrogen) atoms. The van der Waals surface area contributed by atoms with Gasteiger partial charge in [0.05, 0.1) is 12.2 Å². The van der Waals surface area contributed by atoms with Gasteiger partial charge in [0.2, 0.25) is 0 Å². The Morgan fingerprint density at radius 1 is 1.61 bits per heavy atom. The number of carbonyl (C=O) groups excluding carboxylic acids is 1. The number of fused-ring (bicyclic) bond motifs is 1. The molecule has 0 bridgehead atoms. The normalized spacial score (nSPS) is 15.9. The molecule has 1 amide bonds. The first-order valence-electron chi connectivity index (χ1n) is 5.20. The zero-order valence-corrected chi connectivity index (χ0v) is 10.1. The van der Waals surface area contributed by atoms with Gasteiger partial charge in [-0.2, -0.15) is 0 Å². The number of hydrogen-bond acceptors (Lipinski definition) is 4. The molecule has 0 radical (unpaired) electrons. The van der Waals surface area contributed by atoms with E-state index in [4.69, 9.17) is 27.2 Å². The van der Waals surface area contributed by atoms with Gasteiger partial charge in [0.1, 0.15) is 11.8 Å². The minimum Gasteiger partial charge on any atom is -0.482 e. The summed E-state index contributed by atoms with van der Waals surface area (Å²) in [6, 6.07) is 3.65. The van der Waals surface area contributed by atoms with Crippen molar-refractivity contribution in [3.05, 3.63) is 23.2 Å². The van der Waals surface area contributed by atoms with Crippen LogP contribution in [0.5, 0.6) is 5.75 Å². The maximum atomic E-state index is 11.7. The predicted molar refractivity (Wildman–Crippen MR) is 64.9 cm³/mol. The van der Waals surface area contributed by atoms with Crippen molar-refractivity contribution in [2.45, 2.75) is 6.04 Å². The van der Waals surface area contributed by atoms with Crippen molar-refractivity contribution >= 4 is 29.2 Å². The van der Waals surface area contributed by atoms with Crippen LogP contribution in [0.4, 0.5) is 5.69 Å². The van der Waals surface area contributed by atoms with Crippen LogP contribution in [0.1, 0.15) is 0 Å². The van der Waals surface area contributed by atoms with Gasteiger partial charge in [-0.05, 0) is 18.2 Å². The zero-order valence-electron chi connectivity index (χ0n) is 9.30. The molecule has 0 saturated heterocycles. The van der Waals surface area contributed by atoms with Crippen LogP contribution in [0.2, 0.25) is 5.02 Å². The molecule has 0 aromatic heterocycles. The molecule has 1 aromatic carbocycles. The van der Waals surface area contributed by atoms with Crippen LogP contribution < -0.4 is 15.4 Å². The Bertz CT molecular complexity index is 506. The van der Waals surface area contributed by atoms with Gasteiger partial charge >= 0.3 is 5.97 Å². The quantitative estimate of drug-likeness (QED) is 0.833. The van der Waals surface area contributed by atoms with E-state index in [0.717, 1.165) is 0 Å². The lowest BCUT2D eigenvalue weighted by Gasteiger charge is -2.30. The lowest BCUT2D eigenvalue weighted by molar-refractivity contribution is -0.138. The smallest absolute Gasteiger partial charge is 0.322 e. The molecule has 0 fully saturated rings. The number of rotatable bonds is 3. The first-order valence-corrected chi connectivity index (χ1v) is 5.58. The first kappa shape index (κ1) is 12.7. The summed E-state index contributed by atoms with van der Waals surface area (Å²) in [5.41, 5.74) is 5.88. The lowest BCUT2D eigenvalue weighted by atomic mass is 10.2. The van der Waals surface area contributed by atoms with E-state index in [1.807, 2.05) is 0 Å². The van der Waals surface area contributed by atoms with Crippen molar-refractivity contribution in [2.24, 2.45) is 5.73 Å². The predicted octanol–water partition coefficient (Wildman–Crippen LogP) is 0.477. The van der Waals surface area contributed by atoms with E-state index >= 15 is 0 Å². The van der Waals surface area contributed by atoms with Gasteiger partial charge in [0.15, 0.2) is 6.61 Å². The number of carboxylic acids is 1. The van der Waals surface area contributed by atoms with Crippen molar-refractivity contribution in [3.8, 4) is 5.75 Å². The van der Waals surface area contributed by atoms with Crippen molar-refractivity contribution in [3.63, 3.8) is 0 Å². The number of nitrogens with zero attached hydrogens (tertiary/aromatic N) is 1. The third-order valence-electron chi connectivity index (χ3n) is 2.56. The van der Waals surface area contributed by atoms with Crippen molar-refractivity contribution in [1.82, 2.24) is 0 Å². The average Bonchev–Trinajstić information content (AvgIpc) is 2.32. The maximum Gasteiger partial charge on any atom is 0.322 e. The number of aliphatic carboxylic acids is 1. The molecule has 3 N–H and O–H groups in total. The summed E-state index contributed by atoms with van der Waals surface area (Å²) in [7, 11) is 0. The molecule has 1 aromatic rings. The molecule has 6 nitrogen and oxygen atoms in total. The van der Waals surface area contributed by atoms with E-state index in [9.17, 15) is 9.59 Å². The number of halogens is 1. The second-order valence-corrected chi connectivity index (χ2v) is 4.29. The monoisotopic (exact) mass is 270 g/mol. The second kappa shape index (κ2) is 4.83. The molecular formula is C11H11ClN2O4. The molecule has 1 heterocycles. The molecule has 2 rings (SSSR count). The van der Waals surface area contributed by atoms with Crippen LogP contribution in [0.15, 0.2) is 18.2 Å². The van der Waals surface area contributed by atoms with E-state index in [2.05, 4.69) is 0 Å². The molecule has 1 atom stereocenters. The molecule has 0 saturated carbocycles. The Kier molecular flexibility index (Phi) is 3.40. The molecule has 0 spiro atoms. The van der Waals surface area contributed by atoms with E-state index < -0.39 is 12.0 Å². The number of amides is 1. The van der Waals surface area contributed by atoms with E-state index in [1.54, 1.807) is 18.2 Å². The Hall–Kier alpha value is -1.79. The number of carbonyl (C=O) groups is 2. The Labute approximate surface area is 108 Å². The van der Waals surface area contributed by atoms with Crippen LogP contribution in [-0.4, -0.2) is 36.2 Å². The highest BCUT2D eigenvalue weighted by Crippen LogP contribution is 2.34. The number of hydrogen-bond donors (Lipinski definition) is 2. The van der Waals surface area contributed by atoms with Crippen LogP contribution in [0, 0.1) is 0 Å². The molecule has 0 aliphatic carbocycles. The standard InChI is InChI=1S/C11H11ClN2O4/c12-6-1-2-9-8(3-6)14(10(15)5-18-9)4-7(13)11(16)17/h1-3,7H,4-5,13H2,(H,16,17). The summed E-state index contributed by atoms with van der Waals surface area (Å²) in [5, 5.41) is 9.21. The van der Waals surface area contributed by atoms with Gasteiger partial charge in [0, 0.05) is 5.02 Å². The molecule has 1 aliphatic rings. The number of nitrogens with two attached hydrogens (primary N) is 1. The van der Waals surface area contributed by atoms with Gasteiger partial charge < -0.3 is 20.5 Å². The van der Waals surface area contributed by atoms with Crippen LogP contribution in [0.3, 0.4) is 0 Å². The fraction of sp³-hybridized carbons (Fsp3) is 0.273. The van der Waals surface area contributed by atoms with Crippen LogP contribution in [0.25, 0.3) is 0 Å². The number of anilines is 1. The summed E-state index contributed by atoms with van der Waals surface area (Å²) in [6.45, 7) is -0.258. The minimum atomic E-state index is -1.17. The third kappa shape index (κ3) is 2.39. The highest BCUT2D eigenvalue weighted by atomic mass is 35.5. The number of ether oxygens (including phenoxy) is 1. The van der Waals surface area contributed by atoms with Crippen molar-refractivity contribution < 1.29 is 19.4 Å². The summed E-state index contributed by atoms with van der Waals surface area (Å²) in [6.07, 6.45) is 0. The molecule has 1 unspecified atom stereocenters. The maximum absolute atomic E-state index is 11.7. The molecule has 96 valence electrons. The largest absolute Gasteiger partial charge is 0.482 e. The fourth-order valence-electron chi connectivity index (χ4n) is 1.65. The number of benzene rings is 1. The van der Waals surface area contributed by atoms with Crippen molar-refractivity contribution in [1.29, 1.82) is 0 Å². The van der Waals surface area contributed by atoms with Crippen LogP contribution in [-0.2, 0) is 9.59 Å². The van der Waals surface area contributed by atoms with Gasteiger partial charge in [-0.3, -0.25) is 9.59 Å². The summed E-state index contributed by atoms with van der Waals surface area (Å²) >= 11 is 5.85. The SMILES string of the molecule is NC(CN1C(=O)COc2ccc(Cl)cc21)C(=O)O. The van der Waals surface area contributed by atoms with Crippen molar-refractivity contribution in [2.75, 3.05) is 18.1 Å². The van der Waals surface area contributed by atoms with E-state index in [0.29, 0.717) is 16.5 Å². The lowest BCUT2D eigenvalue weighted by Crippen LogP contribution is -2.48. The Morgan fingerprint density at radius 3 is 3.00 bits per heavy atom. The summed E-state index contributed by atoms with van der Waals surface area (Å²) in [4.78, 5) is 23.8. The zero-order chi connectivity index (χ0) is 13.3. The highest BCUT2D eigenvalue weighted by Gasteiger charge is 2.28. The summed E-state index contributed by atoms with van der Waals surface area (Å²) < 4.78 is 5.22. The molecule has 1 aliphatic heterocycles. The average molecular weight is 271 g/mol. The van der Waals surface area contributed by atoms with E-state index in [-0.39, 0.29) is 19.1 Å². The highest BCUT2D eigenvalue weighted by molar-refractivity contribution is 6.31. The van der Waals surface area contributed by atoms with Gasteiger partial charge in [-0.1, -0.05) is 11.6 Å². The second-order valence-electron chi connectivity index (χ2n) is 3.85. The van der Waals surface area contributed by atoms with Gasteiger partial charge in [0.25, 0.3) is 5.91 Å². The third-order valence-corrected chi connectivity index (χ3v) is 2.80. The molecule has 7 heteroatoms. The Morgan fingerprint density at radius 2 is 2.33 bits per heavy atom. The van der Waals surface area contributed by atoms with Gasteiger partial charge in [-0.15, -0.1) is 0 Å². The van der Waals surface area contributed by atoms with Gasteiger partial charge in [-0.25, -0.2) is 0 Å². The molecular weight excluding hydrogens is 260 g/mol. The van der Waals surface area contributed by atoms with Crippen LogP contribution >= 0.6 is 11.6 Å². The fourth-order valence-corrected chi connectivity index (χ4v) is 1.82. The number of carboxylic acid groups (broad SMARTS) is 1. The first-order chi connectivity index (χ1) is 8.49. The minimum absolute atomic E-state index is 0.120. The summed E-state index contributed by atoms with van der Waals surface area (Å²) in [5.74, 6) is -1.03. The van der Waals surface area contributed by atoms with E-state index in [1.165, 1.54) is 4.90 Å². The Balaban J connectivity index is 2.32. The topological polar surface area (TPSA) is 92.9 Å².